The Balaban J connectivity index is 1.32. The van der Waals surface area contributed by atoms with Crippen LogP contribution in [0.2, 0.25) is 5.02 Å². The van der Waals surface area contributed by atoms with Crippen LogP contribution in [0, 0.1) is 11.6 Å². The van der Waals surface area contributed by atoms with Gasteiger partial charge >= 0.3 is 0 Å². The summed E-state index contributed by atoms with van der Waals surface area (Å²) in [5.74, 6) is -0.891. The minimum Gasteiger partial charge on any atom is -0.482 e. The van der Waals surface area contributed by atoms with Crippen molar-refractivity contribution >= 4 is 38.9 Å². The van der Waals surface area contributed by atoms with Crippen molar-refractivity contribution in [3.8, 4) is 5.75 Å². The number of nitrogens with zero attached hydrogens (tertiary/aromatic N) is 2. The Morgan fingerprint density at radius 3 is 2.31 bits per heavy atom. The van der Waals surface area contributed by atoms with E-state index >= 15 is 0 Å². The van der Waals surface area contributed by atoms with Crippen LogP contribution in [0.5, 0.6) is 5.75 Å². The number of carbonyl (C=O) groups is 1. The van der Waals surface area contributed by atoms with Gasteiger partial charge in [0.05, 0.1) is 15.6 Å². The summed E-state index contributed by atoms with van der Waals surface area (Å²) in [4.78, 5) is 16.0. The van der Waals surface area contributed by atoms with Gasteiger partial charge < -0.3 is 14.5 Å². The Bertz CT molecular complexity index is 1310. The topological polar surface area (TPSA) is 78.9 Å². The molecule has 1 amide bonds. The maximum atomic E-state index is 14.0. The molecule has 184 valence electrons. The first kappa shape index (κ1) is 24.7. The van der Waals surface area contributed by atoms with Crippen molar-refractivity contribution in [2.75, 3.05) is 42.4 Å². The monoisotopic (exact) mass is 521 g/mol. The van der Waals surface area contributed by atoms with Crippen molar-refractivity contribution in [2.45, 2.75) is 4.90 Å². The lowest BCUT2D eigenvalue weighted by Gasteiger charge is -2.36. The summed E-state index contributed by atoms with van der Waals surface area (Å²) in [5.41, 5.74) is 0.704. The third-order valence-corrected chi connectivity index (χ3v) is 7.16. The van der Waals surface area contributed by atoms with Gasteiger partial charge in [0.15, 0.2) is 6.61 Å². The number of hydrogen-bond acceptors (Lipinski definition) is 5. The average molecular weight is 522 g/mol. The van der Waals surface area contributed by atoms with Crippen LogP contribution < -0.4 is 14.4 Å². The highest BCUT2D eigenvalue weighted by atomic mass is 35.5. The molecule has 0 saturated carbocycles. The molecule has 0 aromatic heterocycles. The molecule has 0 spiro atoms. The largest absolute Gasteiger partial charge is 0.482 e. The zero-order chi connectivity index (χ0) is 25.0. The summed E-state index contributed by atoms with van der Waals surface area (Å²) >= 11 is 6.20. The molecule has 11 heteroatoms. The van der Waals surface area contributed by atoms with Crippen LogP contribution in [-0.4, -0.2) is 52.0 Å². The van der Waals surface area contributed by atoms with E-state index in [0.29, 0.717) is 31.9 Å². The van der Waals surface area contributed by atoms with Crippen LogP contribution in [0.4, 0.5) is 20.2 Å². The third-order valence-electron chi connectivity index (χ3n) is 5.49. The second-order valence-electron chi connectivity index (χ2n) is 7.81. The maximum absolute atomic E-state index is 14.0. The molecule has 1 saturated heterocycles. The number of anilines is 2. The minimum atomic E-state index is -3.96. The molecule has 35 heavy (non-hydrogen) atoms. The van der Waals surface area contributed by atoms with Crippen molar-refractivity contribution in [2.24, 2.45) is 0 Å². The normalized spacial score (nSPS) is 14.0. The van der Waals surface area contributed by atoms with Gasteiger partial charge in [-0.2, -0.15) is 0 Å². The van der Waals surface area contributed by atoms with E-state index in [4.69, 9.17) is 16.3 Å². The van der Waals surface area contributed by atoms with Gasteiger partial charge in [-0.1, -0.05) is 23.7 Å². The van der Waals surface area contributed by atoms with E-state index in [0.717, 1.165) is 12.1 Å². The van der Waals surface area contributed by atoms with Gasteiger partial charge in [-0.15, -0.1) is 0 Å². The summed E-state index contributed by atoms with van der Waals surface area (Å²) in [7, 11) is -3.96. The molecule has 1 N–H and O–H groups in total. The fraction of sp³-hybridized carbons (Fsp3) is 0.208. The van der Waals surface area contributed by atoms with Gasteiger partial charge in [-0.25, -0.2) is 17.2 Å². The molecule has 0 aliphatic carbocycles. The van der Waals surface area contributed by atoms with E-state index < -0.39 is 15.8 Å². The Morgan fingerprint density at radius 1 is 0.971 bits per heavy atom. The molecule has 1 heterocycles. The van der Waals surface area contributed by atoms with Crippen molar-refractivity contribution in [1.82, 2.24) is 4.90 Å². The number of ether oxygens (including phenoxy) is 1. The number of halogens is 3. The van der Waals surface area contributed by atoms with Crippen LogP contribution in [0.25, 0.3) is 0 Å². The number of nitrogens with one attached hydrogen (secondary N) is 1. The number of rotatable bonds is 7. The predicted octanol–water partition coefficient (Wildman–Crippen LogP) is 4.15. The van der Waals surface area contributed by atoms with Gasteiger partial charge in [0.2, 0.25) is 0 Å². The van der Waals surface area contributed by atoms with Crippen LogP contribution in [0.15, 0.2) is 71.6 Å². The molecular weight excluding hydrogens is 500 g/mol. The summed E-state index contributed by atoms with van der Waals surface area (Å²) in [6, 6.07) is 15.2. The molecule has 1 fully saturated rings. The zero-order valence-corrected chi connectivity index (χ0v) is 20.0. The summed E-state index contributed by atoms with van der Waals surface area (Å²) in [5, 5.41) is 0.0177. The number of hydrogen-bond donors (Lipinski definition) is 1. The smallest absolute Gasteiger partial charge is 0.261 e. The van der Waals surface area contributed by atoms with Gasteiger partial charge in [0, 0.05) is 31.9 Å². The van der Waals surface area contributed by atoms with Gasteiger partial charge in [0.1, 0.15) is 17.4 Å². The first-order valence-corrected chi connectivity index (χ1v) is 12.6. The lowest BCUT2D eigenvalue weighted by Crippen LogP contribution is -2.50. The lowest BCUT2D eigenvalue weighted by molar-refractivity contribution is -0.133. The second-order valence-corrected chi connectivity index (χ2v) is 9.90. The Hall–Kier alpha value is -3.37. The molecule has 0 bridgehead atoms. The van der Waals surface area contributed by atoms with Crippen molar-refractivity contribution in [1.29, 1.82) is 0 Å². The number of sulfonamides is 1. The quantitative estimate of drug-likeness (QED) is 0.505. The lowest BCUT2D eigenvalue weighted by atomic mass is 10.2. The molecule has 4 rings (SSSR count). The Kier molecular flexibility index (Phi) is 7.42. The minimum absolute atomic E-state index is 0.0177. The highest BCUT2D eigenvalue weighted by Crippen LogP contribution is 2.28. The molecule has 1 aliphatic rings. The number of carbonyl (C=O) groups excluding carboxylic acids is 1. The Morgan fingerprint density at radius 2 is 1.66 bits per heavy atom. The molecule has 7 nitrogen and oxygen atoms in total. The summed E-state index contributed by atoms with van der Waals surface area (Å²) < 4.78 is 60.1. The number of amides is 1. The Labute approximate surface area is 206 Å². The molecule has 3 aromatic rings. The summed E-state index contributed by atoms with van der Waals surface area (Å²) in [6.07, 6.45) is 0. The molecule has 0 radical (unpaired) electrons. The van der Waals surface area contributed by atoms with Gasteiger partial charge in [-0.05, 0) is 54.6 Å². The van der Waals surface area contributed by atoms with Gasteiger partial charge in [0.25, 0.3) is 15.9 Å². The fourth-order valence-electron chi connectivity index (χ4n) is 3.63. The van der Waals surface area contributed by atoms with Crippen molar-refractivity contribution < 1.29 is 26.7 Å². The van der Waals surface area contributed by atoms with E-state index in [1.807, 2.05) is 4.90 Å². The second kappa shape index (κ2) is 10.5. The molecule has 0 unspecified atom stereocenters. The van der Waals surface area contributed by atoms with E-state index in [-0.39, 0.29) is 39.7 Å². The summed E-state index contributed by atoms with van der Waals surface area (Å²) in [6.45, 7) is 1.52. The molecular formula is C24H22ClF2N3O4S. The molecule has 1 aliphatic heterocycles. The fourth-order valence-corrected chi connectivity index (χ4v) is 5.02. The van der Waals surface area contributed by atoms with E-state index in [1.165, 1.54) is 36.4 Å². The van der Waals surface area contributed by atoms with E-state index in [9.17, 15) is 22.0 Å². The van der Waals surface area contributed by atoms with E-state index in [1.54, 1.807) is 23.1 Å². The predicted molar refractivity (Wildman–Crippen MR) is 129 cm³/mol. The first-order chi connectivity index (χ1) is 16.7. The highest BCUT2D eigenvalue weighted by molar-refractivity contribution is 7.92. The first-order valence-electron chi connectivity index (χ1n) is 10.7. The molecule has 3 aromatic carbocycles. The SMILES string of the molecule is O=C(COc1ccc(S(=O)(=O)Nc2ccc(F)cc2)cc1Cl)N1CCN(c2ccccc2F)CC1. The van der Waals surface area contributed by atoms with Gasteiger partial charge in [-0.3, -0.25) is 9.52 Å². The highest BCUT2D eigenvalue weighted by Gasteiger charge is 2.23. The third kappa shape index (κ3) is 6.01. The van der Waals surface area contributed by atoms with Crippen molar-refractivity contribution in [3.63, 3.8) is 0 Å². The molecule has 0 atom stereocenters. The number of para-hydroxylation sites is 1. The van der Waals surface area contributed by atoms with Crippen molar-refractivity contribution in [3.05, 3.63) is 83.4 Å². The maximum Gasteiger partial charge on any atom is 0.261 e. The van der Waals surface area contributed by atoms with E-state index in [2.05, 4.69) is 4.72 Å². The zero-order valence-electron chi connectivity index (χ0n) is 18.5. The number of benzene rings is 3. The van der Waals surface area contributed by atoms with Crippen LogP contribution in [0.1, 0.15) is 0 Å². The van der Waals surface area contributed by atoms with Crippen LogP contribution in [0.3, 0.4) is 0 Å². The van der Waals surface area contributed by atoms with Crippen LogP contribution >= 0.6 is 11.6 Å². The van der Waals surface area contributed by atoms with Crippen LogP contribution in [-0.2, 0) is 14.8 Å². The standard InChI is InChI=1S/C24H22ClF2N3O4S/c25-20-15-19(35(32,33)28-18-7-5-17(26)6-8-18)9-10-23(20)34-16-24(31)30-13-11-29(12-14-30)22-4-2-1-3-21(22)27/h1-10,15,28H,11-14,16H2. The number of piperazine rings is 1. The average Bonchev–Trinajstić information content (AvgIpc) is 2.85.